The molecule has 20 heavy (non-hydrogen) atoms. The largest absolute Gasteiger partial charge is 0.377 e. The highest BCUT2D eigenvalue weighted by atomic mass is 32.1. The van der Waals surface area contributed by atoms with Crippen LogP contribution in [0.1, 0.15) is 23.4 Å². The molecule has 1 N–H and O–H groups in total. The summed E-state index contributed by atoms with van der Waals surface area (Å²) in [5.74, 6) is -0.168. The lowest BCUT2D eigenvalue weighted by atomic mass is 10.1. The summed E-state index contributed by atoms with van der Waals surface area (Å²) in [7, 11) is 0. The number of halogens is 1. The topological polar surface area (TPSA) is 12.0 Å². The maximum absolute atomic E-state index is 13.6. The molecule has 2 aromatic carbocycles. The molecule has 0 amide bonds. The molecule has 1 unspecified atom stereocenters. The van der Waals surface area contributed by atoms with Crippen LogP contribution in [0.2, 0.25) is 0 Å². The average molecular weight is 285 g/mol. The Morgan fingerprint density at radius 1 is 1.10 bits per heavy atom. The van der Waals surface area contributed by atoms with E-state index in [2.05, 4.69) is 36.5 Å². The predicted molar refractivity (Wildman–Crippen MR) is 85.0 cm³/mol. The van der Waals surface area contributed by atoms with Gasteiger partial charge in [0.1, 0.15) is 5.82 Å². The molecule has 1 heterocycles. The van der Waals surface area contributed by atoms with E-state index < -0.39 is 0 Å². The van der Waals surface area contributed by atoms with Gasteiger partial charge < -0.3 is 5.32 Å². The van der Waals surface area contributed by atoms with Crippen molar-refractivity contribution >= 4 is 27.1 Å². The number of benzene rings is 2. The highest BCUT2D eigenvalue weighted by molar-refractivity contribution is 7.19. The summed E-state index contributed by atoms with van der Waals surface area (Å²) < 4.78 is 14.8. The van der Waals surface area contributed by atoms with Crippen LogP contribution in [0.25, 0.3) is 10.1 Å². The van der Waals surface area contributed by atoms with Crippen LogP contribution in [-0.2, 0) is 0 Å². The maximum atomic E-state index is 13.6. The third kappa shape index (κ3) is 2.41. The molecular weight excluding hydrogens is 269 g/mol. The van der Waals surface area contributed by atoms with Gasteiger partial charge in [-0.15, -0.1) is 11.3 Å². The SMILES string of the molecule is Cc1c(F)cccc1NC(C)c1cc2ccccc2s1. The van der Waals surface area contributed by atoms with Gasteiger partial charge in [0.05, 0.1) is 6.04 Å². The smallest absolute Gasteiger partial charge is 0.128 e. The van der Waals surface area contributed by atoms with E-state index in [-0.39, 0.29) is 11.9 Å². The minimum Gasteiger partial charge on any atom is -0.377 e. The van der Waals surface area contributed by atoms with Crippen molar-refractivity contribution in [2.24, 2.45) is 0 Å². The molecule has 0 spiro atoms. The van der Waals surface area contributed by atoms with E-state index in [0.29, 0.717) is 5.56 Å². The first kappa shape index (κ1) is 13.1. The summed E-state index contributed by atoms with van der Waals surface area (Å²) in [6.07, 6.45) is 0. The van der Waals surface area contributed by atoms with Gasteiger partial charge in [0.15, 0.2) is 0 Å². The fraction of sp³-hybridized carbons (Fsp3) is 0.176. The second kappa shape index (κ2) is 5.25. The van der Waals surface area contributed by atoms with Gasteiger partial charge >= 0.3 is 0 Å². The monoisotopic (exact) mass is 285 g/mol. The molecule has 0 aliphatic heterocycles. The Bertz CT molecular complexity index is 715. The molecule has 1 atom stereocenters. The Morgan fingerprint density at radius 3 is 2.70 bits per heavy atom. The number of fused-ring (bicyclic) bond motifs is 1. The van der Waals surface area contributed by atoms with Gasteiger partial charge in [-0.2, -0.15) is 0 Å². The molecule has 0 radical (unpaired) electrons. The number of thiophene rings is 1. The van der Waals surface area contributed by atoms with E-state index >= 15 is 0 Å². The van der Waals surface area contributed by atoms with E-state index in [4.69, 9.17) is 0 Å². The first-order chi connectivity index (χ1) is 9.65. The number of hydrogen-bond acceptors (Lipinski definition) is 2. The van der Waals surface area contributed by atoms with Gasteiger partial charge in [0.25, 0.3) is 0 Å². The zero-order valence-electron chi connectivity index (χ0n) is 11.5. The molecule has 0 fully saturated rings. The number of rotatable bonds is 3. The van der Waals surface area contributed by atoms with E-state index in [1.807, 2.05) is 12.1 Å². The summed E-state index contributed by atoms with van der Waals surface area (Å²) in [6.45, 7) is 3.91. The Kier molecular flexibility index (Phi) is 3.45. The summed E-state index contributed by atoms with van der Waals surface area (Å²) >= 11 is 1.78. The molecule has 102 valence electrons. The molecular formula is C17H16FNS. The van der Waals surface area contributed by atoms with Crippen LogP contribution in [0, 0.1) is 12.7 Å². The second-order valence-corrected chi connectivity index (χ2v) is 6.08. The zero-order valence-corrected chi connectivity index (χ0v) is 12.3. The van der Waals surface area contributed by atoms with Crippen molar-refractivity contribution < 1.29 is 4.39 Å². The molecule has 0 bridgehead atoms. The molecule has 0 aliphatic carbocycles. The Morgan fingerprint density at radius 2 is 1.90 bits per heavy atom. The highest BCUT2D eigenvalue weighted by Gasteiger charge is 2.11. The number of anilines is 1. The second-order valence-electron chi connectivity index (χ2n) is 4.97. The Hall–Kier alpha value is -1.87. The van der Waals surface area contributed by atoms with Crippen molar-refractivity contribution in [3.63, 3.8) is 0 Å². The van der Waals surface area contributed by atoms with Gasteiger partial charge in [0, 0.05) is 20.8 Å². The van der Waals surface area contributed by atoms with Gasteiger partial charge in [0.2, 0.25) is 0 Å². The zero-order chi connectivity index (χ0) is 14.1. The molecule has 0 aliphatic rings. The van der Waals surface area contributed by atoms with Gasteiger partial charge in [-0.05, 0) is 43.5 Å². The quantitative estimate of drug-likeness (QED) is 0.668. The van der Waals surface area contributed by atoms with Crippen LogP contribution in [0.4, 0.5) is 10.1 Å². The third-order valence-electron chi connectivity index (χ3n) is 3.51. The van der Waals surface area contributed by atoms with Crippen LogP contribution >= 0.6 is 11.3 Å². The third-order valence-corrected chi connectivity index (χ3v) is 4.81. The van der Waals surface area contributed by atoms with Gasteiger partial charge in [-0.1, -0.05) is 24.3 Å². The Balaban J connectivity index is 1.89. The summed E-state index contributed by atoms with van der Waals surface area (Å²) in [5.41, 5.74) is 1.52. The van der Waals surface area contributed by atoms with Crippen molar-refractivity contribution in [1.82, 2.24) is 0 Å². The lowest BCUT2D eigenvalue weighted by molar-refractivity contribution is 0.618. The van der Waals surface area contributed by atoms with Gasteiger partial charge in [-0.25, -0.2) is 4.39 Å². The predicted octanol–water partition coefficient (Wildman–Crippen LogP) is 5.52. The fourth-order valence-corrected chi connectivity index (χ4v) is 3.35. The fourth-order valence-electron chi connectivity index (χ4n) is 2.28. The molecule has 3 aromatic rings. The van der Waals surface area contributed by atoms with Crippen LogP contribution in [0.3, 0.4) is 0 Å². The standard InChI is InChI=1S/C17H16FNS/c1-11-14(18)7-5-8-15(11)19-12(2)17-10-13-6-3-4-9-16(13)20-17/h3-10,12,19H,1-2H3. The summed E-state index contributed by atoms with van der Waals surface area (Å²) in [5, 5.41) is 4.66. The minimum absolute atomic E-state index is 0.160. The lowest BCUT2D eigenvalue weighted by Crippen LogP contribution is -2.06. The van der Waals surface area contributed by atoms with E-state index in [0.717, 1.165) is 5.69 Å². The first-order valence-corrected chi connectivity index (χ1v) is 7.47. The van der Waals surface area contributed by atoms with Crippen LogP contribution in [-0.4, -0.2) is 0 Å². The van der Waals surface area contributed by atoms with Crippen molar-refractivity contribution in [3.8, 4) is 0 Å². The van der Waals surface area contributed by atoms with Gasteiger partial charge in [-0.3, -0.25) is 0 Å². The van der Waals surface area contributed by atoms with E-state index in [1.54, 1.807) is 24.3 Å². The first-order valence-electron chi connectivity index (χ1n) is 6.65. The number of hydrogen-bond donors (Lipinski definition) is 1. The van der Waals surface area contributed by atoms with Crippen LogP contribution < -0.4 is 5.32 Å². The molecule has 0 saturated heterocycles. The lowest BCUT2D eigenvalue weighted by Gasteiger charge is -2.16. The van der Waals surface area contributed by atoms with Crippen molar-refractivity contribution in [2.75, 3.05) is 5.32 Å². The number of nitrogens with one attached hydrogen (secondary N) is 1. The maximum Gasteiger partial charge on any atom is 0.128 e. The molecule has 1 aromatic heterocycles. The highest BCUT2D eigenvalue weighted by Crippen LogP contribution is 2.32. The van der Waals surface area contributed by atoms with E-state index in [9.17, 15) is 4.39 Å². The normalized spacial score (nSPS) is 12.6. The minimum atomic E-state index is -0.168. The molecule has 1 nitrogen and oxygen atoms in total. The summed E-state index contributed by atoms with van der Waals surface area (Å²) in [6, 6.07) is 15.9. The van der Waals surface area contributed by atoms with Crippen molar-refractivity contribution in [3.05, 3.63) is 64.8 Å². The summed E-state index contributed by atoms with van der Waals surface area (Å²) in [4.78, 5) is 1.26. The van der Waals surface area contributed by atoms with Crippen LogP contribution in [0.15, 0.2) is 48.5 Å². The molecule has 3 heteroatoms. The van der Waals surface area contributed by atoms with Crippen LogP contribution in [0.5, 0.6) is 0 Å². The Labute approximate surface area is 122 Å². The average Bonchev–Trinajstić information content (AvgIpc) is 2.88. The molecule has 3 rings (SSSR count). The van der Waals surface area contributed by atoms with E-state index in [1.165, 1.54) is 21.0 Å². The van der Waals surface area contributed by atoms with Crippen molar-refractivity contribution in [2.45, 2.75) is 19.9 Å². The van der Waals surface area contributed by atoms with Crippen molar-refractivity contribution in [1.29, 1.82) is 0 Å². The molecule has 0 saturated carbocycles.